The Balaban J connectivity index is 1.80. The lowest BCUT2D eigenvalue weighted by Gasteiger charge is -2.19. The van der Waals surface area contributed by atoms with Gasteiger partial charge in [-0.25, -0.2) is 13.1 Å². The molecule has 0 radical (unpaired) electrons. The number of nitrogens with zero attached hydrogens (tertiary/aromatic N) is 1. The summed E-state index contributed by atoms with van der Waals surface area (Å²) in [5.41, 5.74) is 0. The molecule has 0 spiro atoms. The average molecular weight is 303 g/mol. The zero-order valence-electron chi connectivity index (χ0n) is 10.3. The van der Waals surface area contributed by atoms with Gasteiger partial charge in [-0.15, -0.1) is 0 Å². The van der Waals surface area contributed by atoms with Gasteiger partial charge in [0.15, 0.2) is 0 Å². The fourth-order valence-electron chi connectivity index (χ4n) is 2.45. The van der Waals surface area contributed by atoms with E-state index in [4.69, 9.17) is 16.3 Å². The lowest BCUT2D eigenvalue weighted by Crippen LogP contribution is -2.41. The van der Waals surface area contributed by atoms with Gasteiger partial charge in [-0.05, 0) is 31.2 Å². The molecule has 2 unspecified atom stereocenters. The molecule has 1 aromatic rings. The monoisotopic (exact) mass is 302 g/mol. The molecule has 3 rings (SSSR count). The zero-order valence-corrected chi connectivity index (χ0v) is 11.8. The topological polar surface area (TPSA) is 68.3 Å². The Kier molecular flexibility index (Phi) is 3.51. The SMILES string of the molecule is O=S(=O)(NC1CCOC1C1CC1)c1cnccc1Cl. The molecule has 0 aromatic carbocycles. The van der Waals surface area contributed by atoms with Crippen LogP contribution >= 0.6 is 11.6 Å². The smallest absolute Gasteiger partial charge is 0.243 e. The number of ether oxygens (including phenoxy) is 1. The fourth-order valence-corrected chi connectivity index (χ4v) is 4.16. The minimum absolute atomic E-state index is 0.00484. The van der Waals surface area contributed by atoms with Crippen LogP contribution in [0.15, 0.2) is 23.4 Å². The number of nitrogens with one attached hydrogen (secondary N) is 1. The molecular formula is C12H15ClN2O3S. The summed E-state index contributed by atoms with van der Waals surface area (Å²) >= 11 is 5.92. The molecule has 1 aliphatic carbocycles. The summed E-state index contributed by atoms with van der Waals surface area (Å²) in [6.45, 7) is 0.606. The van der Waals surface area contributed by atoms with Gasteiger partial charge in [-0.1, -0.05) is 11.6 Å². The third-order valence-electron chi connectivity index (χ3n) is 3.55. The zero-order chi connectivity index (χ0) is 13.5. The maximum absolute atomic E-state index is 12.3. The van der Waals surface area contributed by atoms with Crippen molar-refractivity contribution in [3.05, 3.63) is 23.5 Å². The number of aromatic nitrogens is 1. The van der Waals surface area contributed by atoms with Crippen LogP contribution in [-0.4, -0.2) is 32.2 Å². The number of sulfonamides is 1. The molecule has 2 fully saturated rings. The molecule has 0 amide bonds. The molecule has 2 heterocycles. The van der Waals surface area contributed by atoms with E-state index in [1.165, 1.54) is 18.5 Å². The first-order chi connectivity index (χ1) is 9.08. The van der Waals surface area contributed by atoms with E-state index in [2.05, 4.69) is 9.71 Å². The van der Waals surface area contributed by atoms with Gasteiger partial charge in [0.2, 0.25) is 10.0 Å². The lowest BCUT2D eigenvalue weighted by molar-refractivity contribution is 0.0848. The highest BCUT2D eigenvalue weighted by molar-refractivity contribution is 7.89. The summed E-state index contributed by atoms with van der Waals surface area (Å²) in [5.74, 6) is 0.500. The highest BCUT2D eigenvalue weighted by atomic mass is 35.5. The van der Waals surface area contributed by atoms with E-state index >= 15 is 0 Å². The Labute approximate surface area is 117 Å². The molecule has 1 aliphatic heterocycles. The van der Waals surface area contributed by atoms with Crippen molar-refractivity contribution in [3.8, 4) is 0 Å². The molecule has 1 aromatic heterocycles. The summed E-state index contributed by atoms with van der Waals surface area (Å²) in [6, 6.07) is 1.31. The number of hydrogen-bond acceptors (Lipinski definition) is 4. The van der Waals surface area contributed by atoms with Gasteiger partial charge in [0.1, 0.15) is 4.90 Å². The van der Waals surface area contributed by atoms with Gasteiger partial charge in [0.25, 0.3) is 0 Å². The molecule has 2 atom stereocenters. The van der Waals surface area contributed by atoms with Gasteiger partial charge in [0.05, 0.1) is 17.2 Å². The summed E-state index contributed by atoms with van der Waals surface area (Å²) < 4.78 is 32.9. The van der Waals surface area contributed by atoms with E-state index in [0.29, 0.717) is 18.9 Å². The van der Waals surface area contributed by atoms with Gasteiger partial charge in [0, 0.05) is 19.0 Å². The van der Waals surface area contributed by atoms with Crippen molar-refractivity contribution in [3.63, 3.8) is 0 Å². The Morgan fingerprint density at radius 2 is 2.16 bits per heavy atom. The van der Waals surface area contributed by atoms with E-state index in [1.54, 1.807) is 0 Å². The van der Waals surface area contributed by atoms with Crippen LogP contribution in [0.25, 0.3) is 0 Å². The van der Waals surface area contributed by atoms with Gasteiger partial charge in [-0.2, -0.15) is 0 Å². The third kappa shape index (κ3) is 2.76. The molecule has 7 heteroatoms. The Morgan fingerprint density at radius 3 is 2.84 bits per heavy atom. The molecular weight excluding hydrogens is 288 g/mol. The summed E-state index contributed by atoms with van der Waals surface area (Å²) in [4.78, 5) is 3.84. The second-order valence-electron chi connectivity index (χ2n) is 5.00. The highest BCUT2D eigenvalue weighted by Gasteiger charge is 2.42. The normalized spacial score (nSPS) is 27.6. The van der Waals surface area contributed by atoms with Crippen LogP contribution < -0.4 is 4.72 Å². The molecule has 1 saturated heterocycles. The maximum Gasteiger partial charge on any atom is 0.243 e. The van der Waals surface area contributed by atoms with Crippen molar-refractivity contribution >= 4 is 21.6 Å². The molecule has 19 heavy (non-hydrogen) atoms. The van der Waals surface area contributed by atoms with Crippen molar-refractivity contribution in [1.82, 2.24) is 9.71 Å². The first kappa shape index (κ1) is 13.3. The number of pyridine rings is 1. The Hall–Kier alpha value is -0.690. The molecule has 1 N–H and O–H groups in total. The summed E-state index contributed by atoms with van der Waals surface area (Å²) in [6.07, 6.45) is 5.69. The number of hydrogen-bond donors (Lipinski definition) is 1. The molecule has 0 bridgehead atoms. The molecule has 2 aliphatic rings. The number of rotatable bonds is 4. The number of halogens is 1. The Bertz CT molecular complexity index is 574. The predicted molar refractivity (Wildman–Crippen MR) is 70.4 cm³/mol. The quantitative estimate of drug-likeness (QED) is 0.917. The average Bonchev–Trinajstić information content (AvgIpc) is 3.11. The highest BCUT2D eigenvalue weighted by Crippen LogP contribution is 2.39. The predicted octanol–water partition coefficient (Wildman–Crippen LogP) is 1.58. The van der Waals surface area contributed by atoms with Crippen LogP contribution in [0.4, 0.5) is 0 Å². The van der Waals surface area contributed by atoms with Crippen molar-refractivity contribution < 1.29 is 13.2 Å². The van der Waals surface area contributed by atoms with E-state index in [1.807, 2.05) is 0 Å². The largest absolute Gasteiger partial charge is 0.376 e. The first-order valence-electron chi connectivity index (χ1n) is 6.31. The van der Waals surface area contributed by atoms with Gasteiger partial charge in [-0.3, -0.25) is 4.98 Å². The van der Waals surface area contributed by atoms with Crippen LogP contribution in [0, 0.1) is 5.92 Å². The van der Waals surface area contributed by atoms with Crippen molar-refractivity contribution in [2.75, 3.05) is 6.61 Å². The first-order valence-corrected chi connectivity index (χ1v) is 8.17. The summed E-state index contributed by atoms with van der Waals surface area (Å²) in [7, 11) is -3.64. The minimum atomic E-state index is -3.64. The fraction of sp³-hybridized carbons (Fsp3) is 0.583. The van der Waals surface area contributed by atoms with Gasteiger partial charge < -0.3 is 4.74 Å². The van der Waals surface area contributed by atoms with Crippen molar-refractivity contribution in [2.24, 2.45) is 5.92 Å². The maximum atomic E-state index is 12.3. The van der Waals surface area contributed by atoms with Crippen molar-refractivity contribution in [1.29, 1.82) is 0 Å². The lowest BCUT2D eigenvalue weighted by atomic mass is 10.1. The minimum Gasteiger partial charge on any atom is -0.376 e. The Morgan fingerprint density at radius 1 is 1.37 bits per heavy atom. The molecule has 1 saturated carbocycles. The van der Waals surface area contributed by atoms with E-state index in [0.717, 1.165) is 12.8 Å². The van der Waals surface area contributed by atoms with Crippen LogP contribution in [0.2, 0.25) is 5.02 Å². The van der Waals surface area contributed by atoms with Crippen molar-refractivity contribution in [2.45, 2.75) is 36.3 Å². The van der Waals surface area contributed by atoms with E-state index in [-0.39, 0.29) is 22.1 Å². The van der Waals surface area contributed by atoms with Crippen LogP contribution in [-0.2, 0) is 14.8 Å². The standard InChI is InChI=1S/C12H15ClN2O3S/c13-9-3-5-14-7-11(9)19(16,17)15-10-4-6-18-12(10)8-1-2-8/h3,5,7-8,10,12,15H,1-2,4,6H2. The van der Waals surface area contributed by atoms with Gasteiger partial charge >= 0.3 is 0 Å². The van der Waals surface area contributed by atoms with Crippen LogP contribution in [0.5, 0.6) is 0 Å². The molecule has 5 nitrogen and oxygen atoms in total. The third-order valence-corrected chi connectivity index (χ3v) is 5.51. The van der Waals surface area contributed by atoms with Crippen LogP contribution in [0.1, 0.15) is 19.3 Å². The van der Waals surface area contributed by atoms with Crippen LogP contribution in [0.3, 0.4) is 0 Å². The second kappa shape index (κ2) is 5.01. The van der Waals surface area contributed by atoms with E-state index < -0.39 is 10.0 Å². The second-order valence-corrected chi connectivity index (χ2v) is 7.08. The van der Waals surface area contributed by atoms with E-state index in [9.17, 15) is 8.42 Å². The summed E-state index contributed by atoms with van der Waals surface area (Å²) in [5, 5.41) is 0.185. The molecule has 104 valence electrons.